The van der Waals surface area contributed by atoms with Gasteiger partial charge >= 0.3 is 0 Å². The lowest BCUT2D eigenvalue weighted by molar-refractivity contribution is -0.130. The van der Waals surface area contributed by atoms with E-state index in [-0.39, 0.29) is 0 Å². The quantitative estimate of drug-likeness (QED) is 0.485. The van der Waals surface area contributed by atoms with E-state index in [1.807, 2.05) is 0 Å². The standard InChI is InChI=1S/C8H16O4/c1-3-8(2,5-10)7(12)6(11)4-9/h5-7,9,11-12H,3-4H2,1-2H3/t6-,7+,8+/m1/s1. The van der Waals surface area contributed by atoms with Crippen molar-refractivity contribution >= 4 is 6.29 Å². The summed E-state index contributed by atoms with van der Waals surface area (Å²) in [4.78, 5) is 10.6. The Bertz CT molecular complexity index is 148. The maximum atomic E-state index is 10.6. The average Bonchev–Trinajstić information content (AvgIpc) is 2.14. The molecule has 0 fully saturated rings. The van der Waals surface area contributed by atoms with Crippen molar-refractivity contribution < 1.29 is 20.1 Å². The van der Waals surface area contributed by atoms with E-state index < -0.39 is 24.2 Å². The summed E-state index contributed by atoms with van der Waals surface area (Å²) in [6, 6.07) is 0. The molecule has 0 aliphatic carbocycles. The predicted molar refractivity (Wildman–Crippen MR) is 43.6 cm³/mol. The molecule has 72 valence electrons. The zero-order valence-electron chi connectivity index (χ0n) is 7.40. The topological polar surface area (TPSA) is 77.8 Å². The molecule has 0 unspecified atom stereocenters. The van der Waals surface area contributed by atoms with Crippen molar-refractivity contribution in [2.24, 2.45) is 5.41 Å². The zero-order valence-corrected chi connectivity index (χ0v) is 7.40. The van der Waals surface area contributed by atoms with Crippen LogP contribution in [-0.2, 0) is 4.79 Å². The number of hydrogen-bond acceptors (Lipinski definition) is 4. The molecule has 0 aromatic heterocycles. The first-order valence-electron chi connectivity index (χ1n) is 3.95. The summed E-state index contributed by atoms with van der Waals surface area (Å²) in [5, 5.41) is 27.0. The van der Waals surface area contributed by atoms with Crippen LogP contribution in [0.15, 0.2) is 0 Å². The van der Waals surface area contributed by atoms with Gasteiger partial charge in [0.05, 0.1) is 18.1 Å². The summed E-state index contributed by atoms with van der Waals surface area (Å²) in [6.07, 6.45) is -1.42. The molecule has 0 spiro atoms. The van der Waals surface area contributed by atoms with Crippen LogP contribution in [0, 0.1) is 5.41 Å². The van der Waals surface area contributed by atoms with E-state index in [4.69, 9.17) is 10.2 Å². The first-order valence-corrected chi connectivity index (χ1v) is 3.95. The highest BCUT2D eigenvalue weighted by Gasteiger charge is 2.35. The Hall–Kier alpha value is -0.450. The average molecular weight is 176 g/mol. The second-order valence-corrected chi connectivity index (χ2v) is 3.17. The number of carbonyl (C=O) groups excluding carboxylic acids is 1. The van der Waals surface area contributed by atoms with E-state index in [0.29, 0.717) is 12.7 Å². The number of aldehydes is 1. The molecule has 0 saturated heterocycles. The minimum Gasteiger partial charge on any atom is -0.394 e. The van der Waals surface area contributed by atoms with E-state index in [0.717, 1.165) is 0 Å². The van der Waals surface area contributed by atoms with Crippen LogP contribution in [0.2, 0.25) is 0 Å². The van der Waals surface area contributed by atoms with Crippen LogP contribution < -0.4 is 0 Å². The van der Waals surface area contributed by atoms with Crippen LogP contribution in [-0.4, -0.2) is 40.4 Å². The fraction of sp³-hybridized carbons (Fsp3) is 0.875. The van der Waals surface area contributed by atoms with Crippen molar-refractivity contribution in [2.75, 3.05) is 6.61 Å². The first-order chi connectivity index (χ1) is 5.51. The minimum absolute atomic E-state index is 0.425. The van der Waals surface area contributed by atoms with Gasteiger partial charge in [-0.25, -0.2) is 0 Å². The Labute approximate surface area is 71.8 Å². The van der Waals surface area contributed by atoms with Crippen molar-refractivity contribution in [1.29, 1.82) is 0 Å². The van der Waals surface area contributed by atoms with Gasteiger partial charge in [-0.05, 0) is 6.42 Å². The fourth-order valence-electron chi connectivity index (χ4n) is 0.902. The van der Waals surface area contributed by atoms with Crippen molar-refractivity contribution in [2.45, 2.75) is 32.5 Å². The predicted octanol–water partition coefficient (Wildman–Crippen LogP) is -0.684. The van der Waals surface area contributed by atoms with Crippen LogP contribution in [0.1, 0.15) is 20.3 Å². The van der Waals surface area contributed by atoms with E-state index in [9.17, 15) is 9.90 Å². The molecule has 0 aliphatic heterocycles. The molecule has 0 bridgehead atoms. The molecule has 12 heavy (non-hydrogen) atoms. The summed E-state index contributed by atoms with van der Waals surface area (Å²) < 4.78 is 0. The Kier molecular flexibility index (Phi) is 4.37. The summed E-state index contributed by atoms with van der Waals surface area (Å²) in [5.41, 5.74) is -0.970. The van der Waals surface area contributed by atoms with Crippen molar-refractivity contribution in [1.82, 2.24) is 0 Å². The molecule has 0 saturated carbocycles. The normalized spacial score (nSPS) is 21.1. The molecule has 0 aromatic rings. The number of rotatable bonds is 5. The maximum Gasteiger partial charge on any atom is 0.128 e. The third kappa shape index (κ3) is 2.27. The molecular formula is C8H16O4. The Morgan fingerprint density at radius 1 is 1.50 bits per heavy atom. The molecule has 3 atom stereocenters. The molecule has 4 heteroatoms. The summed E-state index contributed by atoms with van der Waals surface area (Å²) in [7, 11) is 0. The largest absolute Gasteiger partial charge is 0.394 e. The third-order valence-electron chi connectivity index (χ3n) is 2.26. The van der Waals surface area contributed by atoms with Gasteiger partial charge in [0.15, 0.2) is 0 Å². The highest BCUT2D eigenvalue weighted by Crippen LogP contribution is 2.24. The molecule has 0 heterocycles. The van der Waals surface area contributed by atoms with E-state index in [2.05, 4.69) is 0 Å². The number of carbonyl (C=O) groups is 1. The summed E-state index contributed by atoms with van der Waals surface area (Å²) in [5.74, 6) is 0. The summed E-state index contributed by atoms with van der Waals surface area (Å²) >= 11 is 0. The van der Waals surface area contributed by atoms with E-state index >= 15 is 0 Å². The second kappa shape index (κ2) is 4.54. The van der Waals surface area contributed by atoms with Gasteiger partial charge in [-0.1, -0.05) is 13.8 Å². The van der Waals surface area contributed by atoms with E-state index in [1.54, 1.807) is 13.8 Å². The monoisotopic (exact) mass is 176 g/mol. The third-order valence-corrected chi connectivity index (χ3v) is 2.26. The van der Waals surface area contributed by atoms with Crippen molar-refractivity contribution in [3.8, 4) is 0 Å². The van der Waals surface area contributed by atoms with Crippen LogP contribution in [0.5, 0.6) is 0 Å². The Morgan fingerprint density at radius 2 is 2.00 bits per heavy atom. The molecule has 0 radical (unpaired) electrons. The van der Waals surface area contributed by atoms with Gasteiger partial charge in [-0.2, -0.15) is 0 Å². The summed E-state index contributed by atoms with van der Waals surface area (Å²) in [6.45, 7) is 2.75. The second-order valence-electron chi connectivity index (χ2n) is 3.17. The van der Waals surface area contributed by atoms with Gasteiger partial charge in [-0.15, -0.1) is 0 Å². The smallest absolute Gasteiger partial charge is 0.128 e. The molecule has 0 aromatic carbocycles. The van der Waals surface area contributed by atoms with Crippen molar-refractivity contribution in [3.63, 3.8) is 0 Å². The molecule has 0 amide bonds. The van der Waals surface area contributed by atoms with Gasteiger partial charge in [-0.3, -0.25) is 0 Å². The fourth-order valence-corrected chi connectivity index (χ4v) is 0.902. The SMILES string of the molecule is CC[C@@](C)(C=O)[C@@H](O)[C@H](O)CO. The lowest BCUT2D eigenvalue weighted by Crippen LogP contribution is -2.43. The van der Waals surface area contributed by atoms with Gasteiger partial charge in [0.2, 0.25) is 0 Å². The van der Waals surface area contributed by atoms with Crippen LogP contribution >= 0.6 is 0 Å². The Morgan fingerprint density at radius 3 is 2.25 bits per heavy atom. The van der Waals surface area contributed by atoms with Gasteiger partial charge in [0, 0.05) is 0 Å². The van der Waals surface area contributed by atoms with E-state index in [1.165, 1.54) is 0 Å². The lowest BCUT2D eigenvalue weighted by atomic mass is 9.81. The molecule has 0 aliphatic rings. The number of aliphatic hydroxyl groups excluding tert-OH is 3. The van der Waals surface area contributed by atoms with Gasteiger partial charge < -0.3 is 20.1 Å². The Balaban J connectivity index is 4.40. The van der Waals surface area contributed by atoms with Crippen LogP contribution in [0.3, 0.4) is 0 Å². The molecule has 4 nitrogen and oxygen atoms in total. The van der Waals surface area contributed by atoms with Crippen LogP contribution in [0.25, 0.3) is 0 Å². The molecular weight excluding hydrogens is 160 g/mol. The van der Waals surface area contributed by atoms with Gasteiger partial charge in [0.25, 0.3) is 0 Å². The highest BCUT2D eigenvalue weighted by atomic mass is 16.4. The molecule has 0 rings (SSSR count). The number of hydrogen-bond donors (Lipinski definition) is 3. The van der Waals surface area contributed by atoms with Crippen LogP contribution in [0.4, 0.5) is 0 Å². The lowest BCUT2D eigenvalue weighted by Gasteiger charge is -2.30. The highest BCUT2D eigenvalue weighted by molar-refractivity contribution is 5.59. The minimum atomic E-state index is -1.25. The maximum absolute atomic E-state index is 10.6. The van der Waals surface area contributed by atoms with Crippen molar-refractivity contribution in [3.05, 3.63) is 0 Å². The zero-order chi connectivity index (χ0) is 9.78. The van der Waals surface area contributed by atoms with Gasteiger partial charge in [0.1, 0.15) is 12.4 Å². The molecule has 3 N–H and O–H groups in total. The first kappa shape index (κ1) is 11.6. The number of aliphatic hydroxyl groups is 3.